The Morgan fingerprint density at radius 1 is 1.12 bits per heavy atom. The number of phenols is 1. The van der Waals surface area contributed by atoms with Crippen molar-refractivity contribution in [3.63, 3.8) is 0 Å². The molecule has 0 spiro atoms. The molecule has 1 saturated heterocycles. The summed E-state index contributed by atoms with van der Waals surface area (Å²) >= 11 is 0. The summed E-state index contributed by atoms with van der Waals surface area (Å²) in [6.07, 6.45) is 8.25. The quantitative estimate of drug-likeness (QED) is 0.844. The number of phenolic OH excluding ortho intramolecular Hbond substituents is 1. The maximum atomic E-state index is 9.89. The van der Waals surface area contributed by atoms with E-state index in [9.17, 15) is 5.11 Å². The molecular weight excluding hydrogens is 298 g/mol. The third-order valence-corrected chi connectivity index (χ3v) is 6.16. The fraction of sp³-hybridized carbons (Fsp3) is 0.714. The zero-order chi connectivity index (χ0) is 16.9. The second-order valence-electron chi connectivity index (χ2n) is 7.83. The average Bonchev–Trinajstić information content (AvgIpc) is 2.59. The Morgan fingerprint density at radius 3 is 2.67 bits per heavy atom. The highest BCUT2D eigenvalue weighted by molar-refractivity contribution is 5.30. The van der Waals surface area contributed by atoms with Gasteiger partial charge in [0, 0.05) is 12.6 Å². The van der Waals surface area contributed by atoms with Crippen LogP contribution in [0.3, 0.4) is 0 Å². The molecule has 1 aromatic carbocycles. The number of benzene rings is 1. The maximum absolute atomic E-state index is 9.89. The van der Waals surface area contributed by atoms with E-state index in [2.05, 4.69) is 24.8 Å². The van der Waals surface area contributed by atoms with Crippen molar-refractivity contribution in [3.05, 3.63) is 29.8 Å². The lowest BCUT2D eigenvalue weighted by Crippen LogP contribution is -2.43. The molecular formula is C21H33NO2. The van der Waals surface area contributed by atoms with Crippen LogP contribution in [-0.2, 0) is 4.74 Å². The Kier molecular flexibility index (Phi) is 6.18. The van der Waals surface area contributed by atoms with Gasteiger partial charge in [-0.3, -0.25) is 4.90 Å². The van der Waals surface area contributed by atoms with Gasteiger partial charge in [0.15, 0.2) is 0 Å². The molecule has 1 aliphatic heterocycles. The van der Waals surface area contributed by atoms with Gasteiger partial charge in [-0.05, 0) is 55.3 Å². The van der Waals surface area contributed by atoms with Crippen LogP contribution in [0.4, 0.5) is 0 Å². The summed E-state index contributed by atoms with van der Waals surface area (Å²) in [6, 6.07) is 8.21. The summed E-state index contributed by atoms with van der Waals surface area (Å²) in [6.45, 7) is 7.67. The lowest BCUT2D eigenvalue weighted by Gasteiger charge is -2.44. The first-order valence-corrected chi connectivity index (χ1v) is 9.79. The molecule has 0 bridgehead atoms. The standard InChI is InChI=1S/C21H33NO2/c1-16-11-12-22(13-14-24-20-9-4-3-5-10-20)21(17(16)2)18-7-6-8-19(23)15-18/h6-8,15-17,20-21,23H,3-5,9-14H2,1-2H3/t16-,17+,21?/m0/s1. The summed E-state index contributed by atoms with van der Waals surface area (Å²) in [7, 11) is 0. The summed E-state index contributed by atoms with van der Waals surface area (Å²) < 4.78 is 6.16. The predicted molar refractivity (Wildman–Crippen MR) is 98.2 cm³/mol. The molecule has 3 heteroatoms. The maximum Gasteiger partial charge on any atom is 0.115 e. The second kappa shape index (κ2) is 8.35. The van der Waals surface area contributed by atoms with Crippen LogP contribution in [0.1, 0.15) is 64.0 Å². The van der Waals surface area contributed by atoms with Crippen LogP contribution in [0.15, 0.2) is 24.3 Å². The van der Waals surface area contributed by atoms with E-state index < -0.39 is 0 Å². The number of hydrogen-bond acceptors (Lipinski definition) is 3. The van der Waals surface area contributed by atoms with Crippen molar-refractivity contribution in [2.45, 2.75) is 64.5 Å². The van der Waals surface area contributed by atoms with Gasteiger partial charge >= 0.3 is 0 Å². The first-order chi connectivity index (χ1) is 11.6. The molecule has 1 aliphatic carbocycles. The van der Waals surface area contributed by atoms with Crippen molar-refractivity contribution in [1.82, 2.24) is 4.90 Å². The molecule has 1 N–H and O–H groups in total. The lowest BCUT2D eigenvalue weighted by molar-refractivity contribution is -0.00944. The molecule has 24 heavy (non-hydrogen) atoms. The largest absolute Gasteiger partial charge is 0.508 e. The van der Waals surface area contributed by atoms with Gasteiger partial charge in [-0.15, -0.1) is 0 Å². The van der Waals surface area contributed by atoms with Crippen LogP contribution in [0.5, 0.6) is 5.75 Å². The first kappa shape index (κ1) is 17.8. The first-order valence-electron chi connectivity index (χ1n) is 9.79. The highest BCUT2D eigenvalue weighted by Crippen LogP contribution is 2.39. The van der Waals surface area contributed by atoms with Crippen LogP contribution in [-0.4, -0.2) is 35.8 Å². The van der Waals surface area contributed by atoms with Crippen LogP contribution >= 0.6 is 0 Å². The summed E-state index contributed by atoms with van der Waals surface area (Å²) in [5.74, 6) is 1.68. The normalized spacial score (nSPS) is 29.7. The molecule has 1 unspecified atom stereocenters. The molecule has 3 nitrogen and oxygen atoms in total. The molecule has 0 aromatic heterocycles. The highest BCUT2D eigenvalue weighted by Gasteiger charge is 2.34. The number of rotatable bonds is 5. The van der Waals surface area contributed by atoms with Gasteiger partial charge in [-0.2, -0.15) is 0 Å². The zero-order valence-electron chi connectivity index (χ0n) is 15.3. The van der Waals surface area contributed by atoms with Gasteiger partial charge in [0.1, 0.15) is 5.75 Å². The molecule has 1 aromatic rings. The highest BCUT2D eigenvalue weighted by atomic mass is 16.5. The van der Waals surface area contributed by atoms with E-state index in [0.717, 1.165) is 19.7 Å². The SMILES string of the molecule is C[C@H]1CCN(CCOC2CCCCC2)C(c2cccc(O)c2)[C@@H]1C. The Balaban J connectivity index is 1.63. The molecule has 2 fully saturated rings. The fourth-order valence-corrected chi connectivity index (χ4v) is 4.46. The molecule has 0 amide bonds. The minimum Gasteiger partial charge on any atom is -0.508 e. The topological polar surface area (TPSA) is 32.7 Å². The minimum absolute atomic E-state index is 0.372. The smallest absolute Gasteiger partial charge is 0.115 e. The average molecular weight is 332 g/mol. The minimum atomic E-state index is 0.372. The van der Waals surface area contributed by atoms with E-state index in [1.165, 1.54) is 44.1 Å². The van der Waals surface area contributed by atoms with Crippen LogP contribution in [0.2, 0.25) is 0 Å². The van der Waals surface area contributed by atoms with E-state index in [0.29, 0.717) is 29.7 Å². The number of piperidine rings is 1. The van der Waals surface area contributed by atoms with Crippen molar-refractivity contribution in [3.8, 4) is 5.75 Å². The number of aromatic hydroxyl groups is 1. The van der Waals surface area contributed by atoms with E-state index in [-0.39, 0.29) is 0 Å². The third-order valence-electron chi connectivity index (χ3n) is 6.16. The van der Waals surface area contributed by atoms with E-state index in [1.54, 1.807) is 6.07 Å². The van der Waals surface area contributed by atoms with Crippen LogP contribution < -0.4 is 0 Å². The van der Waals surface area contributed by atoms with Crippen molar-refractivity contribution >= 4 is 0 Å². The van der Waals surface area contributed by atoms with Gasteiger partial charge in [0.2, 0.25) is 0 Å². The summed E-state index contributed by atoms with van der Waals surface area (Å²) in [4.78, 5) is 2.57. The van der Waals surface area contributed by atoms with Gasteiger partial charge in [0.25, 0.3) is 0 Å². The summed E-state index contributed by atoms with van der Waals surface area (Å²) in [5.41, 5.74) is 1.24. The van der Waals surface area contributed by atoms with E-state index >= 15 is 0 Å². The number of nitrogens with zero attached hydrogens (tertiary/aromatic N) is 1. The van der Waals surface area contributed by atoms with Gasteiger partial charge in [-0.25, -0.2) is 0 Å². The molecule has 3 rings (SSSR count). The van der Waals surface area contributed by atoms with E-state index in [1.807, 2.05) is 12.1 Å². The van der Waals surface area contributed by atoms with Crippen LogP contribution in [0.25, 0.3) is 0 Å². The van der Waals surface area contributed by atoms with Crippen molar-refractivity contribution in [2.24, 2.45) is 11.8 Å². The third kappa shape index (κ3) is 4.31. The Hall–Kier alpha value is -1.06. The van der Waals surface area contributed by atoms with Gasteiger partial charge in [-0.1, -0.05) is 45.2 Å². The Labute approximate surface area is 147 Å². The lowest BCUT2D eigenvalue weighted by atomic mass is 9.79. The van der Waals surface area contributed by atoms with Gasteiger partial charge < -0.3 is 9.84 Å². The molecule has 2 aliphatic rings. The Morgan fingerprint density at radius 2 is 1.92 bits per heavy atom. The Bertz CT molecular complexity index is 512. The van der Waals surface area contributed by atoms with Gasteiger partial charge in [0.05, 0.1) is 12.7 Å². The molecule has 134 valence electrons. The van der Waals surface area contributed by atoms with Crippen molar-refractivity contribution in [2.75, 3.05) is 19.7 Å². The van der Waals surface area contributed by atoms with Crippen molar-refractivity contribution < 1.29 is 9.84 Å². The predicted octanol–water partition coefficient (Wildman–Crippen LogP) is 4.76. The fourth-order valence-electron chi connectivity index (χ4n) is 4.46. The zero-order valence-corrected chi connectivity index (χ0v) is 15.3. The molecule has 1 heterocycles. The van der Waals surface area contributed by atoms with Crippen molar-refractivity contribution in [1.29, 1.82) is 0 Å². The molecule has 1 saturated carbocycles. The molecule has 3 atom stereocenters. The number of hydrogen-bond donors (Lipinski definition) is 1. The van der Waals surface area contributed by atoms with E-state index in [4.69, 9.17) is 4.74 Å². The molecule has 0 radical (unpaired) electrons. The second-order valence-corrected chi connectivity index (χ2v) is 7.83. The monoisotopic (exact) mass is 331 g/mol. The summed E-state index contributed by atoms with van der Waals surface area (Å²) in [5, 5.41) is 9.89. The number of ether oxygens (including phenoxy) is 1. The number of likely N-dealkylation sites (tertiary alicyclic amines) is 1. The van der Waals surface area contributed by atoms with Crippen LogP contribution in [0, 0.1) is 11.8 Å².